The summed E-state index contributed by atoms with van der Waals surface area (Å²) in [7, 11) is 0. The molecule has 1 aliphatic carbocycles. The summed E-state index contributed by atoms with van der Waals surface area (Å²) in [6.45, 7) is 2.00. The fraction of sp³-hybridized carbons (Fsp3) is 0.520. The second-order valence-corrected chi connectivity index (χ2v) is 9.67. The number of anilines is 1. The van der Waals surface area contributed by atoms with E-state index in [1.807, 2.05) is 6.92 Å². The fourth-order valence-electron chi connectivity index (χ4n) is 4.63. The first kappa shape index (κ1) is 24.6. The molecule has 2 unspecified atom stereocenters. The maximum Gasteiger partial charge on any atom is 0.253 e. The van der Waals surface area contributed by atoms with Gasteiger partial charge in [0.25, 0.3) is 5.91 Å². The summed E-state index contributed by atoms with van der Waals surface area (Å²) < 4.78 is 61.9. The number of aliphatic hydroxyl groups is 1. The van der Waals surface area contributed by atoms with Crippen molar-refractivity contribution in [2.24, 2.45) is 5.41 Å². The molecule has 5 nitrogen and oxygen atoms in total. The molecule has 34 heavy (non-hydrogen) atoms. The molecule has 4 rings (SSSR count). The van der Waals surface area contributed by atoms with Crippen LogP contribution in [0, 0.1) is 17.0 Å². The van der Waals surface area contributed by atoms with Gasteiger partial charge in [0.05, 0.1) is 24.6 Å². The van der Waals surface area contributed by atoms with Gasteiger partial charge >= 0.3 is 0 Å². The van der Waals surface area contributed by atoms with Gasteiger partial charge in [-0.05, 0) is 49.9 Å². The van der Waals surface area contributed by atoms with Crippen LogP contribution in [0.25, 0.3) is 11.1 Å². The van der Waals surface area contributed by atoms with Crippen molar-refractivity contribution in [2.45, 2.75) is 63.4 Å². The van der Waals surface area contributed by atoms with E-state index in [1.54, 1.807) is 0 Å². The van der Waals surface area contributed by atoms with Crippen LogP contribution in [0.3, 0.4) is 0 Å². The van der Waals surface area contributed by atoms with E-state index in [0.717, 1.165) is 18.2 Å². The van der Waals surface area contributed by atoms with Gasteiger partial charge in [0.2, 0.25) is 5.92 Å². The third kappa shape index (κ3) is 5.25. The minimum Gasteiger partial charge on any atom is -0.396 e. The predicted molar refractivity (Wildman–Crippen MR) is 119 cm³/mol. The molecule has 2 heterocycles. The molecule has 1 aliphatic heterocycles. The number of halogens is 4. The van der Waals surface area contributed by atoms with Crippen LogP contribution in [-0.2, 0) is 9.53 Å². The number of nitrogens with one attached hydrogen (secondary N) is 1. The van der Waals surface area contributed by atoms with E-state index in [4.69, 9.17) is 4.74 Å². The zero-order chi connectivity index (χ0) is 24.5. The topological polar surface area (TPSA) is 71.5 Å². The van der Waals surface area contributed by atoms with E-state index in [9.17, 15) is 27.5 Å². The van der Waals surface area contributed by atoms with Crippen LogP contribution in [0.1, 0.15) is 57.1 Å². The summed E-state index contributed by atoms with van der Waals surface area (Å²) in [5.74, 6) is -4.92. The van der Waals surface area contributed by atoms with Crippen molar-refractivity contribution in [3.63, 3.8) is 0 Å². The third-order valence-electron chi connectivity index (χ3n) is 6.87. The van der Waals surface area contributed by atoms with E-state index in [2.05, 4.69) is 10.3 Å². The Balaban J connectivity index is 1.68. The van der Waals surface area contributed by atoms with Crippen LogP contribution in [0.2, 0.25) is 0 Å². The molecule has 2 aliphatic rings. The van der Waals surface area contributed by atoms with Crippen molar-refractivity contribution >= 4 is 11.6 Å². The molecule has 1 saturated carbocycles. The first-order valence-corrected chi connectivity index (χ1v) is 11.5. The number of carbonyl (C=O) groups is 1. The summed E-state index contributed by atoms with van der Waals surface area (Å²) in [6, 6.07) is 4.50. The highest BCUT2D eigenvalue weighted by Crippen LogP contribution is 2.44. The lowest BCUT2D eigenvalue weighted by atomic mass is 9.82. The Labute approximate surface area is 195 Å². The molecule has 1 saturated heterocycles. The lowest BCUT2D eigenvalue weighted by Crippen LogP contribution is -2.42. The Bertz CT molecular complexity index is 1040. The number of alkyl halides is 2. The zero-order valence-corrected chi connectivity index (χ0v) is 18.9. The van der Waals surface area contributed by atoms with Gasteiger partial charge in [0.15, 0.2) is 0 Å². The number of ether oxygens (including phenoxy) is 1. The minimum atomic E-state index is -2.75. The number of nitrogens with zero attached hydrogens (tertiary/aromatic N) is 1. The minimum absolute atomic E-state index is 0.0579. The van der Waals surface area contributed by atoms with E-state index in [-0.39, 0.29) is 61.6 Å². The fourth-order valence-corrected chi connectivity index (χ4v) is 4.63. The molecule has 2 N–H and O–H groups in total. The number of carbonyl (C=O) groups excluding carboxylic acids is 1. The maximum absolute atomic E-state index is 14.7. The van der Waals surface area contributed by atoms with Crippen molar-refractivity contribution in [3.05, 3.63) is 47.8 Å². The number of amides is 1. The van der Waals surface area contributed by atoms with Crippen molar-refractivity contribution in [1.29, 1.82) is 0 Å². The second-order valence-electron chi connectivity index (χ2n) is 9.67. The average molecular weight is 481 g/mol. The Morgan fingerprint density at radius 1 is 1.15 bits per heavy atom. The van der Waals surface area contributed by atoms with Gasteiger partial charge in [-0.25, -0.2) is 17.6 Å². The zero-order valence-electron chi connectivity index (χ0n) is 18.9. The Hall–Kier alpha value is -2.52. The monoisotopic (exact) mass is 480 g/mol. The number of hydrogen-bond donors (Lipinski definition) is 2. The molecular weight excluding hydrogens is 452 g/mol. The lowest BCUT2D eigenvalue weighted by molar-refractivity contribution is -0.138. The quantitative estimate of drug-likeness (QED) is 0.560. The van der Waals surface area contributed by atoms with Gasteiger partial charge in [-0.1, -0.05) is 6.92 Å². The first-order valence-electron chi connectivity index (χ1n) is 11.5. The standard InChI is InChI=1S/C25H28F4N2O3/c1-24(13-32)8-6-20(34-14-24)23(33)31-22-17(18-12-16(26)2-3-19(18)27)7-11-30-21(22)15-4-9-25(28,29)10-5-15/h2-3,7,11-12,15,20,32H,4-6,8-10,13-14H2,1H3,(H,31,33). The molecule has 0 spiro atoms. The number of pyridine rings is 1. The Morgan fingerprint density at radius 2 is 1.88 bits per heavy atom. The summed E-state index contributed by atoms with van der Waals surface area (Å²) >= 11 is 0. The van der Waals surface area contributed by atoms with Crippen molar-refractivity contribution in [1.82, 2.24) is 4.98 Å². The summed E-state index contributed by atoms with van der Waals surface area (Å²) in [6.07, 6.45) is 1.27. The predicted octanol–water partition coefficient (Wildman–Crippen LogP) is 5.44. The van der Waals surface area contributed by atoms with Gasteiger partial charge in [0, 0.05) is 41.5 Å². The third-order valence-corrected chi connectivity index (χ3v) is 6.87. The van der Waals surface area contributed by atoms with Crippen molar-refractivity contribution in [3.8, 4) is 11.1 Å². The highest BCUT2D eigenvalue weighted by atomic mass is 19.3. The normalized spacial score (nSPS) is 25.2. The van der Waals surface area contributed by atoms with E-state index < -0.39 is 35.0 Å². The van der Waals surface area contributed by atoms with Crippen LogP contribution in [0.5, 0.6) is 0 Å². The molecule has 0 bridgehead atoms. The number of aromatic nitrogens is 1. The van der Waals surface area contributed by atoms with Crippen LogP contribution in [0.15, 0.2) is 30.5 Å². The molecule has 184 valence electrons. The number of aliphatic hydroxyl groups excluding tert-OH is 1. The molecule has 0 radical (unpaired) electrons. The molecule has 1 aromatic heterocycles. The van der Waals surface area contributed by atoms with Crippen molar-refractivity contribution < 1.29 is 32.2 Å². The maximum atomic E-state index is 14.7. The second kappa shape index (κ2) is 9.62. The SMILES string of the molecule is CC1(CO)CCC(C(=O)Nc2c(-c3cc(F)ccc3F)ccnc2C2CCC(F)(F)CC2)OC1. The molecule has 9 heteroatoms. The van der Waals surface area contributed by atoms with E-state index in [0.29, 0.717) is 18.5 Å². The number of benzene rings is 1. The molecule has 2 fully saturated rings. The smallest absolute Gasteiger partial charge is 0.253 e. The molecule has 1 aromatic carbocycles. The lowest BCUT2D eigenvalue weighted by Gasteiger charge is -2.35. The Kier molecular flexibility index (Phi) is 6.96. The van der Waals surface area contributed by atoms with Gasteiger partial charge in [0.1, 0.15) is 17.7 Å². The number of rotatable bonds is 5. The Morgan fingerprint density at radius 3 is 2.53 bits per heavy atom. The summed E-state index contributed by atoms with van der Waals surface area (Å²) in [4.78, 5) is 17.5. The van der Waals surface area contributed by atoms with Gasteiger partial charge in [-0.2, -0.15) is 0 Å². The van der Waals surface area contributed by atoms with Crippen LogP contribution in [-0.4, -0.2) is 41.2 Å². The largest absolute Gasteiger partial charge is 0.396 e. The number of hydrogen-bond acceptors (Lipinski definition) is 4. The average Bonchev–Trinajstić information content (AvgIpc) is 2.81. The molecule has 1 amide bonds. The summed E-state index contributed by atoms with van der Waals surface area (Å²) in [5.41, 5.74) is 0.299. The van der Waals surface area contributed by atoms with Gasteiger partial charge in [-0.15, -0.1) is 0 Å². The first-order chi connectivity index (χ1) is 16.1. The van der Waals surface area contributed by atoms with Crippen LogP contribution >= 0.6 is 0 Å². The van der Waals surface area contributed by atoms with Crippen molar-refractivity contribution in [2.75, 3.05) is 18.5 Å². The summed E-state index contributed by atoms with van der Waals surface area (Å²) in [5, 5.41) is 12.3. The van der Waals surface area contributed by atoms with Crippen LogP contribution < -0.4 is 5.32 Å². The van der Waals surface area contributed by atoms with E-state index >= 15 is 0 Å². The molecule has 2 aromatic rings. The molecule has 2 atom stereocenters. The van der Waals surface area contributed by atoms with Gasteiger partial charge < -0.3 is 15.2 Å². The van der Waals surface area contributed by atoms with Gasteiger partial charge in [-0.3, -0.25) is 9.78 Å². The van der Waals surface area contributed by atoms with E-state index in [1.165, 1.54) is 12.3 Å². The van der Waals surface area contributed by atoms with Crippen LogP contribution in [0.4, 0.5) is 23.2 Å². The highest BCUT2D eigenvalue weighted by molar-refractivity contribution is 5.99. The molecular formula is C25H28F4N2O3. The highest BCUT2D eigenvalue weighted by Gasteiger charge is 2.38.